The molecule has 0 N–H and O–H groups in total. The maximum atomic E-state index is 12.8. The molecule has 1 atom stereocenters. The van der Waals surface area contributed by atoms with Crippen molar-refractivity contribution in [1.29, 1.82) is 0 Å². The van der Waals surface area contributed by atoms with Crippen LogP contribution in [0.15, 0.2) is 27.4 Å². The van der Waals surface area contributed by atoms with Crippen LogP contribution in [0.2, 0.25) is 0 Å². The van der Waals surface area contributed by atoms with Crippen molar-refractivity contribution >= 4 is 17.2 Å². The Morgan fingerprint density at radius 1 is 1.38 bits per heavy atom. The van der Waals surface area contributed by atoms with E-state index in [0.717, 1.165) is 24.1 Å². The Kier molecular flexibility index (Phi) is 4.54. The number of hydrogen-bond donors (Lipinski definition) is 0. The monoisotopic (exact) mass is 372 g/mol. The summed E-state index contributed by atoms with van der Waals surface area (Å²) >= 11 is 1.58. The third-order valence-electron chi connectivity index (χ3n) is 4.51. The molecule has 0 aromatic carbocycles. The summed E-state index contributed by atoms with van der Waals surface area (Å²) in [5.74, 6) is 1.27. The number of aromatic nitrogens is 5. The van der Waals surface area contributed by atoms with Crippen LogP contribution in [0.5, 0.6) is 0 Å². The van der Waals surface area contributed by atoms with Gasteiger partial charge in [0.15, 0.2) is 0 Å². The van der Waals surface area contributed by atoms with E-state index >= 15 is 0 Å². The second-order valence-electron chi connectivity index (χ2n) is 6.70. The Bertz CT molecular complexity index is 885. The second-order valence-corrected chi connectivity index (χ2v) is 7.48. The quantitative estimate of drug-likeness (QED) is 0.684. The average Bonchev–Trinajstić information content (AvgIpc) is 3.39. The third kappa shape index (κ3) is 3.26. The molecule has 0 unspecified atom stereocenters. The SMILES string of the molecule is CC(C)c1cn(CC(=O)N2CCC[C@@H]2c2nnc(-c3ccsc3)o2)nn1. The fraction of sp³-hybridized carbons (Fsp3) is 0.471. The number of carbonyl (C=O) groups excluding carboxylic acids is 1. The number of rotatable bonds is 5. The zero-order valence-electron chi connectivity index (χ0n) is 14.7. The summed E-state index contributed by atoms with van der Waals surface area (Å²) in [7, 11) is 0. The van der Waals surface area contributed by atoms with Crippen molar-refractivity contribution in [2.75, 3.05) is 6.54 Å². The lowest BCUT2D eigenvalue weighted by molar-refractivity contribution is -0.133. The molecular formula is C17H20N6O2S. The third-order valence-corrected chi connectivity index (χ3v) is 5.20. The molecule has 4 heterocycles. The molecular weight excluding hydrogens is 352 g/mol. The van der Waals surface area contributed by atoms with Crippen molar-refractivity contribution in [2.45, 2.75) is 45.2 Å². The molecule has 1 saturated heterocycles. The molecule has 26 heavy (non-hydrogen) atoms. The Balaban J connectivity index is 1.48. The summed E-state index contributed by atoms with van der Waals surface area (Å²) < 4.78 is 7.43. The fourth-order valence-electron chi connectivity index (χ4n) is 3.08. The van der Waals surface area contributed by atoms with Crippen LogP contribution >= 0.6 is 11.3 Å². The van der Waals surface area contributed by atoms with Crippen LogP contribution in [-0.2, 0) is 11.3 Å². The molecule has 0 spiro atoms. The maximum Gasteiger partial charge on any atom is 0.248 e. The molecule has 4 rings (SSSR count). The number of likely N-dealkylation sites (tertiary alicyclic amines) is 1. The van der Waals surface area contributed by atoms with Crippen molar-refractivity contribution in [1.82, 2.24) is 30.1 Å². The van der Waals surface area contributed by atoms with Gasteiger partial charge in [-0.15, -0.1) is 15.3 Å². The summed E-state index contributed by atoms with van der Waals surface area (Å²) in [5, 5.41) is 20.4. The zero-order chi connectivity index (χ0) is 18.1. The summed E-state index contributed by atoms with van der Waals surface area (Å²) in [6.07, 6.45) is 3.57. The van der Waals surface area contributed by atoms with E-state index in [-0.39, 0.29) is 24.4 Å². The van der Waals surface area contributed by atoms with Gasteiger partial charge >= 0.3 is 0 Å². The first-order chi connectivity index (χ1) is 12.6. The number of carbonyl (C=O) groups is 1. The largest absolute Gasteiger partial charge is 0.418 e. The van der Waals surface area contributed by atoms with E-state index in [9.17, 15) is 4.79 Å². The standard InChI is InChI=1S/C17H20N6O2S/c1-11(2)13-8-22(21-18-13)9-15(24)23-6-3-4-14(23)17-20-19-16(25-17)12-5-7-26-10-12/h5,7-8,10-11,14H,3-4,6,9H2,1-2H3/t14-/m1/s1. The van der Waals surface area contributed by atoms with Gasteiger partial charge in [0.2, 0.25) is 17.7 Å². The van der Waals surface area contributed by atoms with Gasteiger partial charge in [-0.25, -0.2) is 4.68 Å². The van der Waals surface area contributed by atoms with Gasteiger partial charge in [-0.05, 0) is 30.2 Å². The minimum absolute atomic E-state index is 0.0111. The number of amides is 1. The number of thiophene rings is 1. The van der Waals surface area contributed by atoms with Gasteiger partial charge in [-0.2, -0.15) is 11.3 Å². The van der Waals surface area contributed by atoms with Gasteiger partial charge in [0.1, 0.15) is 12.6 Å². The summed E-state index contributed by atoms with van der Waals surface area (Å²) in [5.41, 5.74) is 1.79. The first-order valence-electron chi connectivity index (χ1n) is 8.67. The minimum Gasteiger partial charge on any atom is -0.418 e. The van der Waals surface area contributed by atoms with Gasteiger partial charge in [0, 0.05) is 23.7 Å². The smallest absolute Gasteiger partial charge is 0.248 e. The Labute approximate surface area is 154 Å². The zero-order valence-corrected chi connectivity index (χ0v) is 15.5. The van der Waals surface area contributed by atoms with Gasteiger partial charge < -0.3 is 9.32 Å². The van der Waals surface area contributed by atoms with Crippen LogP contribution in [0, 0.1) is 0 Å². The second kappa shape index (κ2) is 6.99. The van der Waals surface area contributed by atoms with E-state index in [2.05, 4.69) is 20.5 Å². The molecule has 0 radical (unpaired) electrons. The first kappa shape index (κ1) is 16.9. The van der Waals surface area contributed by atoms with Crippen molar-refractivity contribution in [3.05, 3.63) is 34.6 Å². The summed E-state index contributed by atoms with van der Waals surface area (Å²) in [6.45, 7) is 4.95. The number of hydrogen-bond acceptors (Lipinski definition) is 7. The van der Waals surface area contributed by atoms with Gasteiger partial charge in [-0.1, -0.05) is 19.1 Å². The van der Waals surface area contributed by atoms with E-state index in [1.807, 2.05) is 41.8 Å². The molecule has 9 heteroatoms. The highest BCUT2D eigenvalue weighted by Crippen LogP contribution is 2.33. The van der Waals surface area contributed by atoms with Crippen LogP contribution in [0.4, 0.5) is 0 Å². The van der Waals surface area contributed by atoms with Crippen molar-refractivity contribution < 1.29 is 9.21 Å². The van der Waals surface area contributed by atoms with E-state index in [4.69, 9.17) is 4.42 Å². The minimum atomic E-state index is -0.171. The lowest BCUT2D eigenvalue weighted by atomic mass is 10.2. The molecule has 1 aliphatic heterocycles. The highest BCUT2D eigenvalue weighted by molar-refractivity contribution is 7.08. The van der Waals surface area contributed by atoms with Gasteiger partial charge in [-0.3, -0.25) is 4.79 Å². The molecule has 8 nitrogen and oxygen atoms in total. The normalized spacial score (nSPS) is 17.3. The summed E-state index contributed by atoms with van der Waals surface area (Å²) in [4.78, 5) is 14.6. The molecule has 3 aromatic rings. The maximum absolute atomic E-state index is 12.8. The summed E-state index contributed by atoms with van der Waals surface area (Å²) in [6, 6.07) is 1.77. The van der Waals surface area contributed by atoms with Crippen LogP contribution < -0.4 is 0 Å². The molecule has 0 aliphatic carbocycles. The van der Waals surface area contributed by atoms with E-state index in [1.165, 1.54) is 0 Å². The van der Waals surface area contributed by atoms with E-state index in [0.29, 0.717) is 18.3 Å². The van der Waals surface area contributed by atoms with Crippen molar-refractivity contribution in [3.63, 3.8) is 0 Å². The van der Waals surface area contributed by atoms with Gasteiger partial charge in [0.25, 0.3) is 0 Å². The Morgan fingerprint density at radius 3 is 3.00 bits per heavy atom. The van der Waals surface area contributed by atoms with E-state index in [1.54, 1.807) is 16.0 Å². The van der Waals surface area contributed by atoms with Crippen molar-refractivity contribution in [3.8, 4) is 11.5 Å². The molecule has 0 saturated carbocycles. The average molecular weight is 372 g/mol. The molecule has 1 amide bonds. The van der Waals surface area contributed by atoms with Crippen LogP contribution in [0.3, 0.4) is 0 Å². The predicted molar refractivity (Wildman–Crippen MR) is 95.4 cm³/mol. The molecule has 1 aliphatic rings. The highest BCUT2D eigenvalue weighted by atomic mass is 32.1. The fourth-order valence-corrected chi connectivity index (χ4v) is 3.71. The molecule has 3 aromatic heterocycles. The van der Waals surface area contributed by atoms with E-state index < -0.39 is 0 Å². The number of nitrogens with zero attached hydrogens (tertiary/aromatic N) is 6. The highest BCUT2D eigenvalue weighted by Gasteiger charge is 2.34. The lowest BCUT2D eigenvalue weighted by Crippen LogP contribution is -2.33. The predicted octanol–water partition coefficient (Wildman–Crippen LogP) is 2.88. The van der Waals surface area contributed by atoms with Gasteiger partial charge in [0.05, 0.1) is 5.69 Å². The van der Waals surface area contributed by atoms with Crippen LogP contribution in [0.25, 0.3) is 11.5 Å². The lowest BCUT2D eigenvalue weighted by Gasteiger charge is -2.21. The van der Waals surface area contributed by atoms with Crippen molar-refractivity contribution in [2.24, 2.45) is 0 Å². The Morgan fingerprint density at radius 2 is 2.27 bits per heavy atom. The first-order valence-corrected chi connectivity index (χ1v) is 9.61. The molecule has 0 bridgehead atoms. The molecule has 1 fully saturated rings. The molecule has 136 valence electrons. The Hall–Kier alpha value is -2.55. The van der Waals surface area contributed by atoms with Crippen LogP contribution in [0.1, 0.15) is 50.2 Å². The topological polar surface area (TPSA) is 89.9 Å². The van der Waals surface area contributed by atoms with Crippen LogP contribution in [-0.4, -0.2) is 42.5 Å².